The molecule has 1 amide bonds. The molecule has 0 atom stereocenters. The Morgan fingerprint density at radius 2 is 1.59 bits per heavy atom. The Hall–Kier alpha value is -3.03. The number of anilines is 1. The van der Waals surface area contributed by atoms with Gasteiger partial charge >= 0.3 is 0 Å². The van der Waals surface area contributed by atoms with Crippen LogP contribution >= 0.6 is 11.6 Å². The van der Waals surface area contributed by atoms with Crippen LogP contribution in [0.4, 0.5) is 5.69 Å². The van der Waals surface area contributed by atoms with Crippen LogP contribution in [0.1, 0.15) is 22.3 Å². The Morgan fingerprint density at radius 1 is 0.912 bits per heavy atom. The average Bonchev–Trinajstić information content (AvgIpc) is 2.79. The molecule has 0 aliphatic rings. The van der Waals surface area contributed by atoms with Crippen LogP contribution in [-0.4, -0.2) is 34.0 Å². The van der Waals surface area contributed by atoms with Gasteiger partial charge in [-0.3, -0.25) is 9.10 Å². The highest BCUT2D eigenvalue weighted by Gasteiger charge is 2.27. The van der Waals surface area contributed by atoms with Crippen molar-refractivity contribution in [2.75, 3.05) is 24.0 Å². The number of nitrogens with one attached hydrogen (secondary N) is 1. The molecule has 0 fully saturated rings. The topological polar surface area (TPSA) is 75.7 Å². The zero-order valence-corrected chi connectivity index (χ0v) is 21.3. The van der Waals surface area contributed by atoms with E-state index < -0.39 is 15.9 Å². The van der Waals surface area contributed by atoms with E-state index in [1.54, 1.807) is 48.5 Å². The number of hydrogen-bond acceptors (Lipinski definition) is 4. The maximum Gasteiger partial charge on any atom is 0.264 e. The molecule has 0 spiro atoms. The van der Waals surface area contributed by atoms with E-state index in [0.29, 0.717) is 16.5 Å². The van der Waals surface area contributed by atoms with Crippen LogP contribution < -0.4 is 14.4 Å². The molecule has 0 aromatic heterocycles. The molecule has 0 heterocycles. The second kappa shape index (κ2) is 10.9. The molecule has 0 aliphatic heterocycles. The summed E-state index contributed by atoms with van der Waals surface area (Å²) in [5.74, 6) is 0.169. The van der Waals surface area contributed by atoms with Crippen LogP contribution in [-0.2, 0) is 14.8 Å². The van der Waals surface area contributed by atoms with E-state index in [1.165, 1.54) is 0 Å². The standard InChI is InChI=1S/C26H29ClN2O4S/c1-18-5-11-24(12-6-18)34(31,32)29(22-9-7-19(2)21(4)15-22)17-26(30)28-13-14-33-23-10-8-20(3)25(27)16-23/h5-12,15-16H,13-14,17H2,1-4H3,(H,28,30). The Balaban J connectivity index is 1.73. The highest BCUT2D eigenvalue weighted by atomic mass is 35.5. The molecule has 1 N–H and O–H groups in total. The van der Waals surface area contributed by atoms with Crippen molar-refractivity contribution in [2.45, 2.75) is 32.6 Å². The molecule has 3 aromatic rings. The van der Waals surface area contributed by atoms with Gasteiger partial charge in [0.25, 0.3) is 10.0 Å². The van der Waals surface area contributed by atoms with Crippen LogP contribution in [0.3, 0.4) is 0 Å². The van der Waals surface area contributed by atoms with Gasteiger partial charge in [-0.15, -0.1) is 0 Å². The van der Waals surface area contributed by atoms with Crippen molar-refractivity contribution >= 4 is 33.2 Å². The Labute approximate surface area is 206 Å². The molecule has 3 aromatic carbocycles. The summed E-state index contributed by atoms with van der Waals surface area (Å²) in [6.07, 6.45) is 0. The first-order chi connectivity index (χ1) is 16.1. The van der Waals surface area contributed by atoms with Crippen LogP contribution in [0.2, 0.25) is 5.02 Å². The predicted octanol–water partition coefficient (Wildman–Crippen LogP) is 4.96. The summed E-state index contributed by atoms with van der Waals surface area (Å²) in [5, 5.41) is 3.34. The Morgan fingerprint density at radius 3 is 2.24 bits per heavy atom. The summed E-state index contributed by atoms with van der Waals surface area (Å²) in [6, 6.07) is 17.3. The lowest BCUT2D eigenvalue weighted by atomic mass is 10.1. The monoisotopic (exact) mass is 500 g/mol. The van der Waals surface area contributed by atoms with Gasteiger partial charge in [0.05, 0.1) is 17.1 Å². The predicted molar refractivity (Wildman–Crippen MR) is 136 cm³/mol. The molecular weight excluding hydrogens is 472 g/mol. The van der Waals surface area contributed by atoms with E-state index >= 15 is 0 Å². The summed E-state index contributed by atoms with van der Waals surface area (Å²) >= 11 is 6.10. The number of amides is 1. The molecule has 0 aliphatic carbocycles. The van der Waals surface area contributed by atoms with Crippen LogP contribution in [0.5, 0.6) is 5.75 Å². The largest absolute Gasteiger partial charge is 0.492 e. The molecule has 0 saturated heterocycles. The maximum absolute atomic E-state index is 13.5. The number of hydrogen-bond donors (Lipinski definition) is 1. The van der Waals surface area contributed by atoms with Crippen LogP contribution in [0, 0.1) is 27.7 Å². The van der Waals surface area contributed by atoms with Crippen LogP contribution in [0.15, 0.2) is 65.6 Å². The van der Waals surface area contributed by atoms with Crippen molar-refractivity contribution in [1.82, 2.24) is 5.32 Å². The summed E-state index contributed by atoms with van der Waals surface area (Å²) in [6.45, 7) is 7.73. The van der Waals surface area contributed by atoms with E-state index in [9.17, 15) is 13.2 Å². The lowest BCUT2D eigenvalue weighted by Gasteiger charge is -2.25. The first-order valence-corrected chi connectivity index (χ1v) is 12.7. The molecule has 8 heteroatoms. The lowest BCUT2D eigenvalue weighted by molar-refractivity contribution is -0.119. The van der Waals surface area contributed by atoms with Crippen molar-refractivity contribution in [3.8, 4) is 5.75 Å². The van der Waals surface area contributed by atoms with E-state index in [0.717, 1.165) is 26.6 Å². The molecule has 0 bridgehead atoms. The van der Waals surface area contributed by atoms with Gasteiger partial charge in [-0.2, -0.15) is 0 Å². The number of halogens is 1. The van der Waals surface area contributed by atoms with E-state index in [2.05, 4.69) is 5.32 Å². The second-order valence-electron chi connectivity index (χ2n) is 8.20. The fraction of sp³-hybridized carbons (Fsp3) is 0.269. The zero-order chi connectivity index (χ0) is 24.9. The van der Waals surface area contributed by atoms with Gasteiger partial charge in [-0.05, 0) is 80.8 Å². The van der Waals surface area contributed by atoms with Crippen molar-refractivity contribution in [3.05, 3.63) is 87.9 Å². The molecule has 3 rings (SSSR count). The summed E-state index contributed by atoms with van der Waals surface area (Å²) < 4.78 is 33.7. The molecule has 6 nitrogen and oxygen atoms in total. The molecule has 0 radical (unpaired) electrons. The molecule has 34 heavy (non-hydrogen) atoms. The normalized spacial score (nSPS) is 11.2. The van der Waals surface area contributed by atoms with E-state index in [-0.39, 0.29) is 24.6 Å². The smallest absolute Gasteiger partial charge is 0.264 e. The van der Waals surface area contributed by atoms with Gasteiger partial charge < -0.3 is 10.1 Å². The summed E-state index contributed by atoms with van der Waals surface area (Å²) in [5.41, 5.74) is 4.30. The number of ether oxygens (including phenoxy) is 1. The minimum Gasteiger partial charge on any atom is -0.492 e. The molecule has 0 saturated carbocycles. The number of carbonyl (C=O) groups is 1. The van der Waals surface area contributed by atoms with Gasteiger partial charge in [-0.1, -0.05) is 41.4 Å². The Kier molecular flexibility index (Phi) is 8.23. The molecule has 180 valence electrons. The van der Waals surface area contributed by atoms with Crippen molar-refractivity contribution < 1.29 is 17.9 Å². The molecule has 0 unspecified atom stereocenters. The summed E-state index contributed by atoms with van der Waals surface area (Å²) in [7, 11) is -3.95. The lowest BCUT2D eigenvalue weighted by Crippen LogP contribution is -2.42. The number of aryl methyl sites for hydroxylation is 4. The van der Waals surface area contributed by atoms with Gasteiger partial charge in [0, 0.05) is 5.02 Å². The Bertz CT molecular complexity index is 1270. The second-order valence-corrected chi connectivity index (χ2v) is 10.5. The SMILES string of the molecule is Cc1ccc(S(=O)(=O)N(CC(=O)NCCOc2ccc(C)c(Cl)c2)c2ccc(C)c(C)c2)cc1. The number of sulfonamides is 1. The van der Waals surface area contributed by atoms with Crippen LogP contribution in [0.25, 0.3) is 0 Å². The number of benzene rings is 3. The number of nitrogens with zero attached hydrogens (tertiary/aromatic N) is 1. The zero-order valence-electron chi connectivity index (χ0n) is 19.8. The van der Waals surface area contributed by atoms with Gasteiger partial charge in [-0.25, -0.2) is 8.42 Å². The van der Waals surface area contributed by atoms with Crippen molar-refractivity contribution in [2.24, 2.45) is 0 Å². The third-order valence-electron chi connectivity index (χ3n) is 5.51. The first kappa shape index (κ1) is 25.6. The van der Waals surface area contributed by atoms with E-state index in [4.69, 9.17) is 16.3 Å². The maximum atomic E-state index is 13.5. The highest BCUT2D eigenvalue weighted by molar-refractivity contribution is 7.92. The van der Waals surface area contributed by atoms with Gasteiger partial charge in [0.1, 0.15) is 18.9 Å². The quantitative estimate of drug-likeness (QED) is 0.421. The minimum absolute atomic E-state index is 0.128. The minimum atomic E-state index is -3.95. The highest BCUT2D eigenvalue weighted by Crippen LogP contribution is 2.26. The van der Waals surface area contributed by atoms with Crippen molar-refractivity contribution in [3.63, 3.8) is 0 Å². The fourth-order valence-corrected chi connectivity index (χ4v) is 4.83. The third kappa shape index (κ3) is 6.30. The molecular formula is C26H29ClN2O4S. The average molecular weight is 501 g/mol. The van der Waals surface area contributed by atoms with Gasteiger partial charge in [0.15, 0.2) is 0 Å². The summed E-state index contributed by atoms with van der Waals surface area (Å²) in [4.78, 5) is 12.9. The number of carbonyl (C=O) groups excluding carboxylic acids is 1. The fourth-order valence-electron chi connectivity index (χ4n) is 3.24. The van der Waals surface area contributed by atoms with Crippen molar-refractivity contribution in [1.29, 1.82) is 0 Å². The van der Waals surface area contributed by atoms with E-state index in [1.807, 2.05) is 39.8 Å². The van der Waals surface area contributed by atoms with Gasteiger partial charge in [0.2, 0.25) is 5.91 Å². The number of rotatable bonds is 9. The third-order valence-corrected chi connectivity index (χ3v) is 7.71. The first-order valence-electron chi connectivity index (χ1n) is 10.9.